The summed E-state index contributed by atoms with van der Waals surface area (Å²) in [7, 11) is 0. The van der Waals surface area contributed by atoms with Crippen molar-refractivity contribution in [2.45, 2.75) is 123 Å². The van der Waals surface area contributed by atoms with Crippen LogP contribution in [-0.2, 0) is 0 Å². The highest BCUT2D eigenvalue weighted by Crippen LogP contribution is 2.43. The van der Waals surface area contributed by atoms with Crippen molar-refractivity contribution in [2.24, 2.45) is 0 Å². The molecule has 4 atom stereocenters. The zero-order valence-corrected chi connectivity index (χ0v) is 22.7. The molecule has 0 aromatic heterocycles. The average molecular weight is 467 g/mol. The Balaban J connectivity index is 5.57. The van der Waals surface area contributed by atoms with E-state index in [0.29, 0.717) is 10.5 Å². The summed E-state index contributed by atoms with van der Waals surface area (Å²) in [6.45, 7) is 15.3. The third-order valence-electron chi connectivity index (χ3n) is 4.73. The first kappa shape index (κ1) is 25.1. The van der Waals surface area contributed by atoms with Gasteiger partial charge in [-0.05, 0) is 76.7 Å². The molecule has 0 saturated heterocycles. The minimum absolute atomic E-state index is 0.0106. The Kier molecular flexibility index (Phi) is 16.7. The Hall–Kier alpha value is 0.880. The van der Waals surface area contributed by atoms with Crippen LogP contribution in [0.5, 0.6) is 0 Å². The highest BCUT2D eigenvalue weighted by Gasteiger charge is 2.24. The second-order valence-electron chi connectivity index (χ2n) is 6.88. The molecule has 0 aliphatic rings. The summed E-state index contributed by atoms with van der Waals surface area (Å²) in [4.78, 5) is 5.67. The molecule has 28 heavy (non-hydrogen) atoms. The fraction of sp³-hybridized carbons (Fsp3) is 0.833. The van der Waals surface area contributed by atoms with Crippen molar-refractivity contribution >= 4 is 47.9 Å². The Morgan fingerprint density at radius 3 is 1.64 bits per heavy atom. The molecule has 0 fully saturated rings. The van der Waals surface area contributed by atoms with Gasteiger partial charge in [0.05, 0.1) is 0 Å². The molecular weight excluding hydrogens is 417 g/mol. The number of thioether (sulfide) groups is 3. The molecule has 0 nitrogen and oxygen atoms in total. The first-order valence-electron chi connectivity index (χ1n) is 12.3. The SMILES string of the molecule is [3H]C(C)CC/C(S[C@H](CC)[C@H](CC)S/C(CC)=C(/CCC([3H])C)SCC)=C(/S)CC. The Labute approximate surface area is 198 Å². The van der Waals surface area contributed by atoms with E-state index in [0.717, 1.165) is 57.1 Å². The van der Waals surface area contributed by atoms with Crippen LogP contribution in [0, 0.1) is 0 Å². The van der Waals surface area contributed by atoms with Gasteiger partial charge in [-0.15, -0.1) is 47.9 Å². The van der Waals surface area contributed by atoms with Gasteiger partial charge < -0.3 is 0 Å². The van der Waals surface area contributed by atoms with Crippen molar-refractivity contribution in [1.82, 2.24) is 0 Å². The quantitative estimate of drug-likeness (QED) is 0.212. The van der Waals surface area contributed by atoms with Crippen LogP contribution in [0.3, 0.4) is 0 Å². The number of rotatable bonds is 17. The molecule has 4 heteroatoms. The van der Waals surface area contributed by atoms with Gasteiger partial charge in [0, 0.05) is 13.2 Å². The van der Waals surface area contributed by atoms with Crippen molar-refractivity contribution in [3.8, 4) is 0 Å². The highest BCUT2D eigenvalue weighted by atomic mass is 32.2. The molecule has 166 valence electrons. The van der Waals surface area contributed by atoms with Gasteiger partial charge in [-0.2, -0.15) is 0 Å². The van der Waals surface area contributed by atoms with Crippen LogP contribution in [0.2, 0.25) is 0 Å². The Bertz CT molecular complexity index is 515. The summed E-state index contributed by atoms with van der Waals surface area (Å²) < 4.78 is 15.8. The van der Waals surface area contributed by atoms with Crippen molar-refractivity contribution in [2.75, 3.05) is 5.75 Å². The first-order valence-corrected chi connectivity index (χ1v) is 14.4. The summed E-state index contributed by atoms with van der Waals surface area (Å²) in [6.07, 6.45) is 8.25. The number of thiol groups is 1. The maximum absolute atomic E-state index is 7.91. The average Bonchev–Trinajstić information content (AvgIpc) is 2.72. The molecule has 0 spiro atoms. The molecule has 0 aliphatic heterocycles. The smallest absolute Gasteiger partial charge is 0.0264 e. The van der Waals surface area contributed by atoms with E-state index >= 15 is 0 Å². The van der Waals surface area contributed by atoms with Crippen LogP contribution >= 0.6 is 47.9 Å². The van der Waals surface area contributed by atoms with E-state index in [9.17, 15) is 0 Å². The molecule has 0 aromatic carbocycles. The number of hydrogen-bond donors (Lipinski definition) is 1. The van der Waals surface area contributed by atoms with E-state index in [4.69, 9.17) is 15.4 Å². The molecule has 0 bridgehead atoms. The molecule has 0 N–H and O–H groups in total. The monoisotopic (exact) mass is 466 g/mol. The maximum Gasteiger partial charge on any atom is 0.0264 e. The molecule has 0 heterocycles. The van der Waals surface area contributed by atoms with Gasteiger partial charge in [0.1, 0.15) is 0 Å². The van der Waals surface area contributed by atoms with E-state index in [1.54, 1.807) is 4.91 Å². The fourth-order valence-corrected chi connectivity index (χ4v) is 7.55. The minimum Gasteiger partial charge on any atom is -0.147 e. The lowest BCUT2D eigenvalue weighted by Crippen LogP contribution is -2.19. The summed E-state index contributed by atoms with van der Waals surface area (Å²) >= 11 is 10.9. The first-order chi connectivity index (χ1) is 14.2. The summed E-state index contributed by atoms with van der Waals surface area (Å²) in [5, 5.41) is 1.14. The van der Waals surface area contributed by atoms with Crippen molar-refractivity contribution < 1.29 is 2.74 Å². The van der Waals surface area contributed by atoms with Crippen molar-refractivity contribution in [3.63, 3.8) is 0 Å². The van der Waals surface area contributed by atoms with E-state index < -0.39 is 0 Å². The summed E-state index contributed by atoms with van der Waals surface area (Å²) in [6, 6.07) is 0. The van der Waals surface area contributed by atoms with E-state index in [2.05, 4.69) is 46.4 Å². The van der Waals surface area contributed by atoms with Crippen LogP contribution in [-0.4, -0.2) is 16.3 Å². The predicted molar refractivity (Wildman–Crippen MR) is 144 cm³/mol. The van der Waals surface area contributed by atoms with Gasteiger partial charge in [0.25, 0.3) is 0 Å². The van der Waals surface area contributed by atoms with Crippen LogP contribution in [0.1, 0.15) is 115 Å². The van der Waals surface area contributed by atoms with Gasteiger partial charge in [-0.25, -0.2) is 0 Å². The van der Waals surface area contributed by atoms with Crippen molar-refractivity contribution in [1.29, 1.82) is 0 Å². The van der Waals surface area contributed by atoms with Gasteiger partial charge in [0.2, 0.25) is 0 Å². The molecule has 0 radical (unpaired) electrons. The normalized spacial score (nSPS) is 19.1. The zero-order valence-electron chi connectivity index (χ0n) is 21.3. The van der Waals surface area contributed by atoms with Gasteiger partial charge >= 0.3 is 0 Å². The topological polar surface area (TPSA) is 0 Å². The molecule has 0 saturated carbocycles. The molecule has 0 amide bonds. The minimum atomic E-state index is -0.0160. The zero-order chi connectivity index (χ0) is 23.1. The van der Waals surface area contributed by atoms with Gasteiger partial charge in [-0.3, -0.25) is 0 Å². The fourth-order valence-electron chi connectivity index (χ4n) is 3.04. The number of allylic oxidation sites excluding steroid dienone is 4. The largest absolute Gasteiger partial charge is 0.147 e. The Morgan fingerprint density at radius 2 is 1.25 bits per heavy atom. The molecular formula is C24H46S4. The van der Waals surface area contributed by atoms with Gasteiger partial charge in [-0.1, -0.05) is 61.3 Å². The van der Waals surface area contributed by atoms with Crippen LogP contribution < -0.4 is 0 Å². The summed E-state index contributed by atoms with van der Waals surface area (Å²) in [5.74, 6) is 1.10. The summed E-state index contributed by atoms with van der Waals surface area (Å²) in [5.41, 5.74) is 0. The van der Waals surface area contributed by atoms with E-state index in [1.165, 1.54) is 14.7 Å². The highest BCUT2D eigenvalue weighted by molar-refractivity contribution is 8.09. The predicted octanol–water partition coefficient (Wildman–Crippen LogP) is 10.3. The second kappa shape index (κ2) is 18.6. The standard InChI is InChI=1S/C24H46S4/c1-8-15-17-23(19(25)10-3)28-21(12-5)20(11-4)27-22(13-6)24(26-14-7)18-16-9-2/h20-21,25H,8-18H2,1-7H3/b23-19-,24-22-/t20-,21+/m0/s1/i8T,9T/t8?,9?,20-,21+. The van der Waals surface area contributed by atoms with Gasteiger partial charge in [0.15, 0.2) is 0 Å². The number of hydrogen-bond acceptors (Lipinski definition) is 4. The maximum atomic E-state index is 7.91. The van der Waals surface area contributed by atoms with E-state index in [1.807, 2.05) is 37.4 Å². The second-order valence-corrected chi connectivity index (χ2v) is 11.4. The lowest BCUT2D eigenvalue weighted by Gasteiger charge is -2.28. The van der Waals surface area contributed by atoms with Crippen molar-refractivity contribution in [3.05, 3.63) is 19.6 Å². The lowest BCUT2D eigenvalue weighted by atomic mass is 10.2. The molecule has 0 aromatic rings. The third-order valence-corrected chi connectivity index (χ3v) is 10.3. The van der Waals surface area contributed by atoms with Crippen LogP contribution in [0.25, 0.3) is 0 Å². The molecule has 0 rings (SSSR count). The molecule has 0 aliphatic carbocycles. The third kappa shape index (κ3) is 11.3. The Morgan fingerprint density at radius 1 is 0.750 bits per heavy atom. The van der Waals surface area contributed by atoms with E-state index in [-0.39, 0.29) is 12.8 Å². The van der Waals surface area contributed by atoms with Crippen LogP contribution in [0.4, 0.5) is 0 Å². The molecule has 2 unspecified atom stereocenters. The van der Waals surface area contributed by atoms with Crippen LogP contribution in [0.15, 0.2) is 19.6 Å². The lowest BCUT2D eigenvalue weighted by molar-refractivity contribution is 0.736.